The molecule has 3 unspecified atom stereocenters. The number of likely N-dealkylation sites (N-methyl/N-ethyl adjacent to an activating group) is 5. The fourth-order valence-corrected chi connectivity index (χ4v) is 15.1. The topological polar surface area (TPSA) is 259 Å². The van der Waals surface area contributed by atoms with Gasteiger partial charge < -0.3 is 55.6 Å². The number of halogens is 4. The molecule has 4 saturated carbocycles. The van der Waals surface area contributed by atoms with E-state index in [0.29, 0.717) is 38.5 Å². The van der Waals surface area contributed by atoms with E-state index in [9.17, 15) is 51.5 Å². The van der Waals surface area contributed by atoms with Crippen LogP contribution in [0.1, 0.15) is 190 Å². The van der Waals surface area contributed by atoms with E-state index in [4.69, 9.17) is 11.6 Å². The molecule has 520 valence electrons. The molecule has 0 bridgehead atoms. The van der Waals surface area contributed by atoms with Crippen molar-refractivity contribution in [1.82, 2.24) is 55.6 Å². The van der Waals surface area contributed by atoms with Crippen LogP contribution in [0.15, 0.2) is 0 Å². The van der Waals surface area contributed by atoms with Crippen molar-refractivity contribution in [2.24, 2.45) is 35.5 Å². The summed E-state index contributed by atoms with van der Waals surface area (Å²) in [7, 11) is 7.30. The Morgan fingerprint density at radius 1 is 0.609 bits per heavy atom. The standard InChI is InChI=1S/C66H107ClF3N11O11/c1-13-41(6)56-63(91)76(9)37-54(84)75(8)38-55(85)78(11)51(35-43-20-15-14-16-21-43)62(90)81(45-25-26-45)36-52(82)72-48(28-24-44-23-27-46(47(67)34-44)66(68,69)70)61(89)80-31-19-22-49(80)59(87)74-65(29-17-18-30-65)64(92)79(12)57(40(4)5)60(88)71-42(7)33-53(83)77(10)50(32-39(2)3)58(86)73-56/h39-51,56-57H,13-38H2,1-12H3,(H,71,88)(H,72,82)(H,73,86)(H,74,87)/t41-,42+,44?,46?,47?,48-,49-,50-,51-,56-,57-/m0/s1. The highest BCUT2D eigenvalue weighted by Crippen LogP contribution is 2.44. The number of hydrogen-bond donors (Lipinski definition) is 4. The first-order chi connectivity index (χ1) is 43.2. The zero-order chi connectivity index (χ0) is 68.3. The molecule has 1 spiro atoms. The van der Waals surface area contributed by atoms with Gasteiger partial charge in [0.1, 0.15) is 41.8 Å². The Morgan fingerprint density at radius 2 is 1.24 bits per heavy atom. The first-order valence-corrected chi connectivity index (χ1v) is 34.4. The lowest BCUT2D eigenvalue weighted by atomic mass is 9.78. The Balaban J connectivity index is 1.36. The molecule has 22 nitrogen and oxygen atoms in total. The van der Waals surface area contributed by atoms with Gasteiger partial charge in [-0.1, -0.05) is 92.9 Å². The molecule has 0 radical (unpaired) electrons. The van der Waals surface area contributed by atoms with Crippen LogP contribution in [0.25, 0.3) is 0 Å². The summed E-state index contributed by atoms with van der Waals surface area (Å²) >= 11 is 6.39. The largest absolute Gasteiger partial charge is 0.393 e. The van der Waals surface area contributed by atoms with Crippen molar-refractivity contribution in [3.8, 4) is 0 Å². The molecule has 6 fully saturated rings. The van der Waals surface area contributed by atoms with Crippen molar-refractivity contribution in [3.63, 3.8) is 0 Å². The minimum Gasteiger partial charge on any atom is -0.351 e. The van der Waals surface area contributed by atoms with Gasteiger partial charge in [-0.3, -0.25) is 52.7 Å². The van der Waals surface area contributed by atoms with Crippen LogP contribution < -0.4 is 21.3 Å². The molecule has 0 aromatic rings. The van der Waals surface area contributed by atoms with Gasteiger partial charge in [-0.15, -0.1) is 11.6 Å². The molecule has 4 aliphatic carbocycles. The van der Waals surface area contributed by atoms with Gasteiger partial charge in [-0.2, -0.15) is 13.2 Å². The molecule has 4 N–H and O–H groups in total. The van der Waals surface area contributed by atoms with Crippen LogP contribution in [0.4, 0.5) is 13.2 Å². The molecule has 2 heterocycles. The Kier molecular flexibility index (Phi) is 27.1. The second kappa shape index (κ2) is 33.1. The van der Waals surface area contributed by atoms with Crippen LogP contribution in [-0.2, 0) is 52.7 Å². The van der Waals surface area contributed by atoms with E-state index in [-0.39, 0.29) is 101 Å². The zero-order valence-corrected chi connectivity index (χ0v) is 57.4. The SMILES string of the molecule is CC[C@H](C)[C@@H]1NC(=O)[C@H](CC(C)C)N(C)C(=O)C[C@@H](C)NC(=O)[C@H](C(C)C)N(C)C(=O)C2(CCCC2)NC(=O)[C@@H]2CCCN2C(=O)[C@H](CCC2CCC(C(F)(F)F)C(Cl)C2)NC(=O)CN(C2CC2)C(=O)[C@H](CC2CCCCC2)N(C)C(=O)CN(C)C(=O)CN(C)C1=O. The number of nitrogens with one attached hydrogen (secondary N) is 4. The summed E-state index contributed by atoms with van der Waals surface area (Å²) in [6.45, 7) is 11.2. The van der Waals surface area contributed by atoms with E-state index in [2.05, 4.69) is 21.3 Å². The van der Waals surface area contributed by atoms with E-state index in [0.717, 1.165) is 37.0 Å². The average Bonchev–Trinajstić information content (AvgIpc) is 1.62. The molecular formula is C66H107ClF3N11O11. The van der Waals surface area contributed by atoms with E-state index < -0.39 is 162 Å². The third-order valence-corrected chi connectivity index (χ3v) is 21.0. The molecule has 6 aliphatic rings. The van der Waals surface area contributed by atoms with Crippen molar-refractivity contribution in [2.75, 3.05) is 61.4 Å². The van der Waals surface area contributed by atoms with Crippen molar-refractivity contribution in [3.05, 3.63) is 0 Å². The van der Waals surface area contributed by atoms with Crippen LogP contribution in [-0.4, -0.2) is 226 Å². The maximum absolute atomic E-state index is 15.2. The molecule has 11 atom stereocenters. The Morgan fingerprint density at radius 3 is 1.83 bits per heavy atom. The van der Waals surface area contributed by atoms with E-state index in [1.807, 2.05) is 20.8 Å². The van der Waals surface area contributed by atoms with Crippen LogP contribution in [0.5, 0.6) is 0 Å². The minimum atomic E-state index is -4.49. The predicted octanol–water partition coefficient (Wildman–Crippen LogP) is 5.76. The average molecular weight is 1320 g/mol. The van der Waals surface area contributed by atoms with Crippen LogP contribution in [0, 0.1) is 35.5 Å². The van der Waals surface area contributed by atoms with Crippen molar-refractivity contribution in [2.45, 2.75) is 255 Å². The van der Waals surface area contributed by atoms with Gasteiger partial charge in [0.25, 0.3) is 0 Å². The van der Waals surface area contributed by atoms with Crippen molar-refractivity contribution >= 4 is 76.6 Å². The summed E-state index contributed by atoms with van der Waals surface area (Å²) in [6.07, 6.45) is 4.17. The van der Waals surface area contributed by atoms with Crippen LogP contribution >= 0.6 is 11.6 Å². The Hall–Kier alpha value is -5.75. The number of nitrogens with zero attached hydrogens (tertiary/aromatic N) is 7. The number of alkyl halides is 4. The highest BCUT2D eigenvalue weighted by molar-refractivity contribution is 6.20. The van der Waals surface area contributed by atoms with Gasteiger partial charge in [0.05, 0.1) is 25.6 Å². The lowest BCUT2D eigenvalue weighted by Crippen LogP contribution is -2.64. The predicted molar refractivity (Wildman–Crippen MR) is 341 cm³/mol. The van der Waals surface area contributed by atoms with Gasteiger partial charge in [0.15, 0.2) is 0 Å². The molecule has 92 heavy (non-hydrogen) atoms. The number of carbonyl (C=O) groups is 11. The molecular weight excluding hydrogens is 1220 g/mol. The second-order valence-electron chi connectivity index (χ2n) is 28.7. The molecule has 26 heteroatoms. The smallest absolute Gasteiger partial charge is 0.351 e. The molecule has 2 saturated heterocycles. The number of rotatable bonds is 11. The van der Waals surface area contributed by atoms with Gasteiger partial charge in [-0.05, 0) is 120 Å². The van der Waals surface area contributed by atoms with Gasteiger partial charge >= 0.3 is 6.18 Å². The van der Waals surface area contributed by atoms with Gasteiger partial charge in [0, 0.05) is 65.7 Å². The number of amides is 11. The molecule has 6 rings (SSSR count). The fourth-order valence-electron chi connectivity index (χ4n) is 14.6. The quantitative estimate of drug-likeness (QED) is 0.181. The molecule has 11 amide bonds. The Bertz CT molecular complexity index is 2640. The van der Waals surface area contributed by atoms with E-state index in [1.54, 1.807) is 27.7 Å². The zero-order valence-electron chi connectivity index (χ0n) is 56.7. The monoisotopic (exact) mass is 1320 g/mol. The second-order valence-corrected chi connectivity index (χ2v) is 29.2. The van der Waals surface area contributed by atoms with E-state index >= 15 is 14.4 Å². The van der Waals surface area contributed by atoms with Crippen LogP contribution in [0.3, 0.4) is 0 Å². The van der Waals surface area contributed by atoms with E-state index in [1.165, 1.54) is 64.6 Å². The minimum absolute atomic E-state index is 0.0212. The summed E-state index contributed by atoms with van der Waals surface area (Å²) < 4.78 is 41.9. The third-order valence-electron chi connectivity index (χ3n) is 20.6. The fraction of sp³-hybridized carbons (Fsp3) is 0.833. The highest BCUT2D eigenvalue weighted by atomic mass is 35.5. The number of fused-ring (bicyclic) bond motifs is 1. The third kappa shape index (κ3) is 19.5. The highest BCUT2D eigenvalue weighted by Gasteiger charge is 2.51. The maximum atomic E-state index is 15.2. The lowest BCUT2D eigenvalue weighted by Gasteiger charge is -2.39. The summed E-state index contributed by atoms with van der Waals surface area (Å²) in [6, 6.07) is -7.90. The van der Waals surface area contributed by atoms with Gasteiger partial charge in [-0.25, -0.2) is 0 Å². The molecule has 2 aliphatic heterocycles. The summed E-state index contributed by atoms with van der Waals surface area (Å²) in [5.74, 6) is -9.32. The van der Waals surface area contributed by atoms with Crippen molar-refractivity contribution in [1.29, 1.82) is 0 Å². The lowest BCUT2D eigenvalue weighted by molar-refractivity contribution is -0.182. The van der Waals surface area contributed by atoms with Gasteiger partial charge in [0.2, 0.25) is 65.0 Å². The Labute approximate surface area is 548 Å². The first-order valence-electron chi connectivity index (χ1n) is 34.0. The summed E-state index contributed by atoms with van der Waals surface area (Å²) in [5, 5.41) is 10.5. The van der Waals surface area contributed by atoms with Crippen molar-refractivity contribution < 1.29 is 65.9 Å². The molecule has 0 aromatic heterocycles. The molecule has 0 aromatic carbocycles. The maximum Gasteiger partial charge on any atom is 0.393 e. The summed E-state index contributed by atoms with van der Waals surface area (Å²) in [4.78, 5) is 170. The normalized spacial score (nSPS) is 30.3. The summed E-state index contributed by atoms with van der Waals surface area (Å²) in [5.41, 5.74) is -1.47. The first kappa shape index (κ1) is 75.3. The van der Waals surface area contributed by atoms with Crippen LogP contribution in [0.2, 0.25) is 0 Å². The number of carbonyl (C=O) groups excluding carboxylic acids is 11. The number of hydrogen-bond acceptors (Lipinski definition) is 11.